The number of benzene rings is 1. The molecule has 0 saturated heterocycles. The molecule has 0 unspecified atom stereocenters. The van der Waals surface area contributed by atoms with Crippen LogP contribution in [0.2, 0.25) is 0 Å². The van der Waals surface area contributed by atoms with Crippen LogP contribution in [0.1, 0.15) is 37.8 Å². The van der Waals surface area contributed by atoms with E-state index in [4.69, 9.17) is 4.74 Å². The number of fused-ring (bicyclic) bond motifs is 1. The molecule has 2 heteroatoms. The maximum atomic E-state index is 11.8. The summed E-state index contributed by atoms with van der Waals surface area (Å²) in [7, 11) is 0. The summed E-state index contributed by atoms with van der Waals surface area (Å²) >= 11 is 0. The number of hydrogen-bond donors (Lipinski definition) is 0. The minimum absolute atomic E-state index is 0.0800. The van der Waals surface area contributed by atoms with Crippen LogP contribution in [0.5, 0.6) is 5.75 Å². The largest absolute Gasteiger partial charge is 0.493 e. The van der Waals surface area contributed by atoms with E-state index in [2.05, 4.69) is 26.0 Å². The van der Waals surface area contributed by atoms with Crippen molar-refractivity contribution in [2.24, 2.45) is 5.41 Å². The zero-order valence-electron chi connectivity index (χ0n) is 11.0. The van der Waals surface area contributed by atoms with E-state index in [1.807, 2.05) is 12.1 Å². The molecule has 0 atom stereocenters. The standard InChI is InChI=1S/C16H18O2/c1-16(2)9-13(8-14(17)10-16)11-3-4-15-12(7-11)5-6-18-15/h3-4,7-8H,5-6,9-10H2,1-2H3. The number of carbonyl (C=O) groups is 1. The van der Waals surface area contributed by atoms with Gasteiger partial charge in [0.15, 0.2) is 5.78 Å². The van der Waals surface area contributed by atoms with Gasteiger partial charge in [0.05, 0.1) is 6.61 Å². The highest BCUT2D eigenvalue weighted by atomic mass is 16.5. The Kier molecular flexibility index (Phi) is 2.54. The Bertz CT molecular complexity index is 538. The number of allylic oxidation sites excluding steroid dienone is 2. The summed E-state index contributed by atoms with van der Waals surface area (Å²) in [5.74, 6) is 1.25. The number of ketones is 1. The summed E-state index contributed by atoms with van der Waals surface area (Å²) < 4.78 is 5.52. The van der Waals surface area contributed by atoms with E-state index in [0.29, 0.717) is 6.42 Å². The average Bonchev–Trinajstić information content (AvgIpc) is 2.72. The smallest absolute Gasteiger partial charge is 0.156 e. The van der Waals surface area contributed by atoms with Crippen molar-refractivity contribution in [3.05, 3.63) is 35.4 Å². The molecule has 18 heavy (non-hydrogen) atoms. The fraction of sp³-hybridized carbons (Fsp3) is 0.438. The summed E-state index contributed by atoms with van der Waals surface area (Å²) in [4.78, 5) is 11.8. The second-order valence-electron chi connectivity index (χ2n) is 6.07. The van der Waals surface area contributed by atoms with Gasteiger partial charge in [-0.05, 0) is 46.7 Å². The van der Waals surface area contributed by atoms with Crippen LogP contribution in [0, 0.1) is 5.41 Å². The van der Waals surface area contributed by atoms with Crippen LogP contribution in [0.3, 0.4) is 0 Å². The van der Waals surface area contributed by atoms with E-state index >= 15 is 0 Å². The first-order valence-corrected chi connectivity index (χ1v) is 6.53. The van der Waals surface area contributed by atoms with Crippen molar-refractivity contribution in [1.82, 2.24) is 0 Å². The molecule has 0 radical (unpaired) electrons. The lowest BCUT2D eigenvalue weighted by Gasteiger charge is -2.29. The highest BCUT2D eigenvalue weighted by molar-refractivity contribution is 5.99. The van der Waals surface area contributed by atoms with Gasteiger partial charge in [-0.15, -0.1) is 0 Å². The second kappa shape index (κ2) is 3.98. The Morgan fingerprint density at radius 1 is 1.22 bits per heavy atom. The van der Waals surface area contributed by atoms with Gasteiger partial charge in [0, 0.05) is 12.8 Å². The molecule has 1 aliphatic heterocycles. The summed E-state index contributed by atoms with van der Waals surface area (Å²) in [6.07, 6.45) is 4.43. The first-order valence-electron chi connectivity index (χ1n) is 6.53. The molecular weight excluding hydrogens is 224 g/mol. The highest BCUT2D eigenvalue weighted by Crippen LogP contribution is 2.39. The minimum atomic E-state index is 0.0800. The van der Waals surface area contributed by atoms with E-state index in [1.165, 1.54) is 16.7 Å². The third-order valence-electron chi connectivity index (χ3n) is 3.72. The molecule has 2 nitrogen and oxygen atoms in total. The Hall–Kier alpha value is -1.57. The average molecular weight is 242 g/mol. The van der Waals surface area contributed by atoms with Crippen LogP contribution >= 0.6 is 0 Å². The SMILES string of the molecule is CC1(C)CC(=O)C=C(c2ccc3c(c2)CCO3)C1. The fourth-order valence-electron chi connectivity index (χ4n) is 2.92. The summed E-state index contributed by atoms with van der Waals surface area (Å²) in [6, 6.07) is 6.29. The third kappa shape index (κ3) is 2.07. The van der Waals surface area contributed by atoms with E-state index in [0.717, 1.165) is 25.2 Å². The molecule has 0 spiro atoms. The van der Waals surface area contributed by atoms with Gasteiger partial charge in [-0.25, -0.2) is 0 Å². The van der Waals surface area contributed by atoms with Gasteiger partial charge in [-0.3, -0.25) is 4.79 Å². The van der Waals surface area contributed by atoms with E-state index in [1.54, 1.807) is 0 Å². The molecule has 0 aromatic heterocycles. The van der Waals surface area contributed by atoms with Crippen LogP contribution in [0.25, 0.3) is 5.57 Å². The van der Waals surface area contributed by atoms with Crippen molar-refractivity contribution in [2.45, 2.75) is 33.1 Å². The van der Waals surface area contributed by atoms with Gasteiger partial charge in [-0.1, -0.05) is 19.9 Å². The van der Waals surface area contributed by atoms with Crippen LogP contribution in [0.15, 0.2) is 24.3 Å². The van der Waals surface area contributed by atoms with E-state index in [9.17, 15) is 4.79 Å². The molecule has 0 fully saturated rings. The van der Waals surface area contributed by atoms with Gasteiger partial charge in [0.25, 0.3) is 0 Å². The molecule has 1 aromatic carbocycles. The minimum Gasteiger partial charge on any atom is -0.493 e. The predicted octanol–water partition coefficient (Wildman–Crippen LogP) is 3.39. The second-order valence-corrected chi connectivity index (χ2v) is 6.07. The van der Waals surface area contributed by atoms with E-state index < -0.39 is 0 Å². The maximum absolute atomic E-state index is 11.8. The van der Waals surface area contributed by atoms with Crippen molar-refractivity contribution < 1.29 is 9.53 Å². The van der Waals surface area contributed by atoms with Crippen LogP contribution in [-0.4, -0.2) is 12.4 Å². The Labute approximate surface area is 108 Å². The van der Waals surface area contributed by atoms with Gasteiger partial charge in [0.2, 0.25) is 0 Å². The highest BCUT2D eigenvalue weighted by Gasteiger charge is 2.28. The normalized spacial score (nSPS) is 21.2. The van der Waals surface area contributed by atoms with Crippen molar-refractivity contribution in [3.8, 4) is 5.75 Å². The lowest BCUT2D eigenvalue weighted by atomic mass is 9.75. The topological polar surface area (TPSA) is 26.3 Å². The molecule has 94 valence electrons. The molecule has 0 N–H and O–H groups in total. The molecule has 0 bridgehead atoms. The van der Waals surface area contributed by atoms with Crippen LogP contribution in [-0.2, 0) is 11.2 Å². The summed E-state index contributed by atoms with van der Waals surface area (Å²) in [5.41, 5.74) is 3.70. The number of rotatable bonds is 1. The first-order chi connectivity index (χ1) is 8.53. The van der Waals surface area contributed by atoms with Gasteiger partial charge in [0.1, 0.15) is 5.75 Å². The lowest BCUT2D eigenvalue weighted by molar-refractivity contribution is -0.116. The Morgan fingerprint density at radius 3 is 2.83 bits per heavy atom. The Balaban J connectivity index is 1.97. The van der Waals surface area contributed by atoms with E-state index in [-0.39, 0.29) is 11.2 Å². The fourth-order valence-corrected chi connectivity index (χ4v) is 2.92. The molecule has 1 aliphatic carbocycles. The predicted molar refractivity (Wildman–Crippen MR) is 71.6 cm³/mol. The lowest BCUT2D eigenvalue weighted by Crippen LogP contribution is -2.21. The molecular formula is C16H18O2. The van der Waals surface area contributed by atoms with Crippen molar-refractivity contribution in [1.29, 1.82) is 0 Å². The van der Waals surface area contributed by atoms with Crippen LogP contribution < -0.4 is 4.74 Å². The monoisotopic (exact) mass is 242 g/mol. The van der Waals surface area contributed by atoms with Crippen LogP contribution in [0.4, 0.5) is 0 Å². The number of hydrogen-bond acceptors (Lipinski definition) is 2. The maximum Gasteiger partial charge on any atom is 0.156 e. The number of ether oxygens (including phenoxy) is 1. The molecule has 1 heterocycles. The van der Waals surface area contributed by atoms with Crippen molar-refractivity contribution >= 4 is 11.4 Å². The van der Waals surface area contributed by atoms with Crippen molar-refractivity contribution in [3.63, 3.8) is 0 Å². The summed E-state index contributed by atoms with van der Waals surface area (Å²) in [6.45, 7) is 5.10. The third-order valence-corrected chi connectivity index (χ3v) is 3.72. The van der Waals surface area contributed by atoms with Crippen molar-refractivity contribution in [2.75, 3.05) is 6.61 Å². The molecule has 0 saturated carbocycles. The molecule has 1 aromatic rings. The van der Waals surface area contributed by atoms with Gasteiger partial charge < -0.3 is 4.74 Å². The van der Waals surface area contributed by atoms with Gasteiger partial charge >= 0.3 is 0 Å². The first kappa shape index (κ1) is 11.5. The number of carbonyl (C=O) groups excluding carboxylic acids is 1. The zero-order valence-corrected chi connectivity index (χ0v) is 11.0. The molecule has 3 rings (SSSR count). The Morgan fingerprint density at radius 2 is 2.06 bits per heavy atom. The van der Waals surface area contributed by atoms with Gasteiger partial charge in [-0.2, -0.15) is 0 Å². The molecule has 2 aliphatic rings. The summed E-state index contributed by atoms with van der Waals surface area (Å²) in [5, 5.41) is 0. The zero-order chi connectivity index (χ0) is 12.8. The molecule has 0 amide bonds. The quantitative estimate of drug-likeness (QED) is 0.754.